The standard InChI is InChI=1S/C12H25NO/c1-10(2)7-13-6-5-11(8-14)12(3,4)9-13/h10-11,14H,5-9H2,1-4H3. The quantitative estimate of drug-likeness (QED) is 0.751. The summed E-state index contributed by atoms with van der Waals surface area (Å²) in [4.78, 5) is 2.54. The van der Waals surface area contributed by atoms with Gasteiger partial charge in [0.15, 0.2) is 0 Å². The van der Waals surface area contributed by atoms with Gasteiger partial charge < -0.3 is 10.0 Å². The molecule has 0 bridgehead atoms. The van der Waals surface area contributed by atoms with Crippen molar-refractivity contribution in [2.45, 2.75) is 34.1 Å². The normalized spacial score (nSPS) is 28.3. The van der Waals surface area contributed by atoms with Gasteiger partial charge in [0.1, 0.15) is 0 Å². The molecule has 0 aromatic heterocycles. The van der Waals surface area contributed by atoms with Crippen LogP contribution >= 0.6 is 0 Å². The SMILES string of the molecule is CC(C)CN1CCC(CO)C(C)(C)C1. The molecule has 1 saturated heterocycles. The van der Waals surface area contributed by atoms with E-state index in [1.807, 2.05) is 0 Å². The molecule has 1 aliphatic heterocycles. The summed E-state index contributed by atoms with van der Waals surface area (Å²) in [7, 11) is 0. The molecule has 1 fully saturated rings. The number of nitrogens with zero attached hydrogens (tertiary/aromatic N) is 1. The van der Waals surface area contributed by atoms with Crippen molar-refractivity contribution in [3.05, 3.63) is 0 Å². The van der Waals surface area contributed by atoms with Gasteiger partial charge in [-0.05, 0) is 30.2 Å². The number of aliphatic hydroxyl groups is 1. The zero-order valence-corrected chi connectivity index (χ0v) is 10.1. The van der Waals surface area contributed by atoms with Crippen molar-refractivity contribution in [3.63, 3.8) is 0 Å². The average molecular weight is 199 g/mol. The molecule has 0 aromatic rings. The van der Waals surface area contributed by atoms with E-state index >= 15 is 0 Å². The monoisotopic (exact) mass is 199 g/mol. The van der Waals surface area contributed by atoms with Crippen molar-refractivity contribution in [2.24, 2.45) is 17.3 Å². The molecular formula is C12H25NO. The molecule has 1 unspecified atom stereocenters. The largest absolute Gasteiger partial charge is 0.396 e. The number of aliphatic hydroxyl groups excluding tert-OH is 1. The van der Waals surface area contributed by atoms with Gasteiger partial charge in [0.2, 0.25) is 0 Å². The summed E-state index contributed by atoms with van der Waals surface area (Å²) in [5, 5.41) is 9.28. The van der Waals surface area contributed by atoms with E-state index in [1.54, 1.807) is 0 Å². The number of rotatable bonds is 3. The van der Waals surface area contributed by atoms with Gasteiger partial charge in [-0.2, -0.15) is 0 Å². The van der Waals surface area contributed by atoms with Gasteiger partial charge in [0, 0.05) is 19.7 Å². The van der Waals surface area contributed by atoms with Gasteiger partial charge in [-0.1, -0.05) is 27.7 Å². The van der Waals surface area contributed by atoms with Gasteiger partial charge in [0.25, 0.3) is 0 Å². The first-order valence-electron chi connectivity index (χ1n) is 5.79. The minimum Gasteiger partial charge on any atom is -0.396 e. The highest BCUT2D eigenvalue weighted by Crippen LogP contribution is 2.34. The number of hydrogen-bond donors (Lipinski definition) is 1. The van der Waals surface area contributed by atoms with Crippen LogP contribution < -0.4 is 0 Å². The summed E-state index contributed by atoms with van der Waals surface area (Å²) in [5.41, 5.74) is 0.280. The molecule has 1 aliphatic rings. The van der Waals surface area contributed by atoms with Gasteiger partial charge in [-0.25, -0.2) is 0 Å². The van der Waals surface area contributed by atoms with E-state index in [4.69, 9.17) is 0 Å². The van der Waals surface area contributed by atoms with E-state index in [1.165, 1.54) is 6.54 Å². The summed E-state index contributed by atoms with van der Waals surface area (Å²) in [5.74, 6) is 1.24. The first-order valence-corrected chi connectivity index (χ1v) is 5.79. The fraction of sp³-hybridized carbons (Fsp3) is 1.00. The first-order chi connectivity index (χ1) is 6.45. The Labute approximate surface area is 88.3 Å². The summed E-state index contributed by atoms with van der Waals surface area (Å²) >= 11 is 0. The van der Waals surface area contributed by atoms with Gasteiger partial charge >= 0.3 is 0 Å². The first kappa shape index (κ1) is 12.0. The third-order valence-corrected chi connectivity index (χ3v) is 3.37. The molecular weight excluding hydrogens is 174 g/mol. The Hall–Kier alpha value is -0.0800. The van der Waals surface area contributed by atoms with Crippen LogP contribution in [0.5, 0.6) is 0 Å². The molecule has 1 heterocycles. The second-order valence-corrected chi connectivity index (χ2v) is 5.79. The smallest absolute Gasteiger partial charge is 0.0465 e. The Morgan fingerprint density at radius 2 is 2.07 bits per heavy atom. The molecule has 1 rings (SSSR count). The fourth-order valence-electron chi connectivity index (χ4n) is 2.52. The second-order valence-electron chi connectivity index (χ2n) is 5.79. The van der Waals surface area contributed by atoms with Gasteiger partial charge in [-0.15, -0.1) is 0 Å². The molecule has 0 spiro atoms. The van der Waals surface area contributed by atoms with Crippen LogP contribution in [0.2, 0.25) is 0 Å². The molecule has 0 aromatic carbocycles. The van der Waals surface area contributed by atoms with Crippen LogP contribution in [0.3, 0.4) is 0 Å². The van der Waals surface area contributed by atoms with Crippen LogP contribution in [-0.2, 0) is 0 Å². The molecule has 0 aliphatic carbocycles. The molecule has 2 nitrogen and oxygen atoms in total. The summed E-state index contributed by atoms with van der Waals surface area (Å²) in [6, 6.07) is 0. The Bertz CT molecular complexity index is 177. The second kappa shape index (κ2) is 4.63. The lowest BCUT2D eigenvalue weighted by Crippen LogP contribution is -2.47. The summed E-state index contributed by atoms with van der Waals surface area (Å²) < 4.78 is 0. The van der Waals surface area contributed by atoms with Crippen LogP contribution in [0.4, 0.5) is 0 Å². The van der Waals surface area contributed by atoms with Crippen LogP contribution in [0, 0.1) is 17.3 Å². The van der Waals surface area contributed by atoms with E-state index in [-0.39, 0.29) is 5.41 Å². The predicted octanol–water partition coefficient (Wildman–Crippen LogP) is 1.98. The molecule has 2 heteroatoms. The van der Waals surface area contributed by atoms with Crippen molar-refractivity contribution in [1.29, 1.82) is 0 Å². The van der Waals surface area contributed by atoms with Gasteiger partial charge in [0.05, 0.1) is 0 Å². The predicted molar refractivity (Wildman–Crippen MR) is 60.3 cm³/mol. The van der Waals surface area contributed by atoms with Crippen molar-refractivity contribution in [2.75, 3.05) is 26.2 Å². The number of likely N-dealkylation sites (tertiary alicyclic amines) is 1. The Morgan fingerprint density at radius 3 is 2.50 bits per heavy atom. The van der Waals surface area contributed by atoms with Crippen LogP contribution in [0.15, 0.2) is 0 Å². The lowest BCUT2D eigenvalue weighted by atomic mass is 9.74. The average Bonchev–Trinajstić information content (AvgIpc) is 2.01. The summed E-state index contributed by atoms with van der Waals surface area (Å²) in [6.45, 7) is 12.9. The third kappa shape index (κ3) is 2.96. The molecule has 0 amide bonds. The Balaban J connectivity index is 2.49. The zero-order chi connectivity index (χ0) is 10.8. The maximum Gasteiger partial charge on any atom is 0.0465 e. The fourth-order valence-corrected chi connectivity index (χ4v) is 2.52. The molecule has 1 atom stereocenters. The van der Waals surface area contributed by atoms with Crippen LogP contribution in [0.1, 0.15) is 34.1 Å². The minimum atomic E-state index is 0.280. The highest BCUT2D eigenvalue weighted by Gasteiger charge is 2.35. The van der Waals surface area contributed by atoms with Crippen molar-refractivity contribution in [3.8, 4) is 0 Å². The molecule has 0 saturated carbocycles. The lowest BCUT2D eigenvalue weighted by molar-refractivity contribution is 0.0168. The third-order valence-electron chi connectivity index (χ3n) is 3.37. The zero-order valence-electron chi connectivity index (χ0n) is 10.1. The van der Waals surface area contributed by atoms with Gasteiger partial charge in [-0.3, -0.25) is 0 Å². The van der Waals surface area contributed by atoms with E-state index in [0.29, 0.717) is 12.5 Å². The van der Waals surface area contributed by atoms with E-state index in [2.05, 4.69) is 32.6 Å². The maximum absolute atomic E-state index is 9.28. The summed E-state index contributed by atoms with van der Waals surface area (Å²) in [6.07, 6.45) is 1.15. The number of hydrogen-bond acceptors (Lipinski definition) is 2. The van der Waals surface area contributed by atoms with Crippen molar-refractivity contribution in [1.82, 2.24) is 4.90 Å². The van der Waals surface area contributed by atoms with E-state index < -0.39 is 0 Å². The molecule has 14 heavy (non-hydrogen) atoms. The lowest BCUT2D eigenvalue weighted by Gasteiger charge is -2.44. The molecule has 1 N–H and O–H groups in total. The molecule has 0 radical (unpaired) electrons. The van der Waals surface area contributed by atoms with Crippen molar-refractivity contribution >= 4 is 0 Å². The van der Waals surface area contributed by atoms with Crippen LogP contribution in [0.25, 0.3) is 0 Å². The highest BCUT2D eigenvalue weighted by molar-refractivity contribution is 4.86. The topological polar surface area (TPSA) is 23.5 Å². The van der Waals surface area contributed by atoms with Crippen molar-refractivity contribution < 1.29 is 5.11 Å². The number of piperidine rings is 1. The van der Waals surface area contributed by atoms with E-state index in [0.717, 1.165) is 25.4 Å². The Kier molecular flexibility index (Phi) is 3.96. The highest BCUT2D eigenvalue weighted by atomic mass is 16.3. The Morgan fingerprint density at radius 1 is 1.43 bits per heavy atom. The van der Waals surface area contributed by atoms with E-state index in [9.17, 15) is 5.11 Å². The minimum absolute atomic E-state index is 0.280. The maximum atomic E-state index is 9.28. The molecule has 84 valence electrons. The van der Waals surface area contributed by atoms with Crippen LogP contribution in [-0.4, -0.2) is 36.2 Å².